The monoisotopic (exact) mass is 212 g/mol. The number of halogens is 2. The van der Waals surface area contributed by atoms with Crippen LogP contribution >= 0.6 is 11.6 Å². The first-order valence-electron chi connectivity index (χ1n) is 5.14. The van der Waals surface area contributed by atoms with Gasteiger partial charge < -0.3 is 0 Å². The maximum absolute atomic E-state index is 12.9. The minimum absolute atomic E-state index is 0.132. The van der Waals surface area contributed by atoms with Crippen molar-refractivity contribution < 1.29 is 4.39 Å². The van der Waals surface area contributed by atoms with E-state index in [9.17, 15) is 4.39 Å². The lowest BCUT2D eigenvalue weighted by atomic mass is 9.96. The summed E-state index contributed by atoms with van der Waals surface area (Å²) in [6.07, 6.45) is 3.02. The Labute approximate surface area is 89.1 Å². The van der Waals surface area contributed by atoms with E-state index in [1.807, 2.05) is 6.07 Å². The van der Waals surface area contributed by atoms with E-state index in [0.29, 0.717) is 5.92 Å². The van der Waals surface area contributed by atoms with E-state index in [2.05, 4.69) is 6.92 Å². The summed E-state index contributed by atoms with van der Waals surface area (Å²) in [4.78, 5) is 0. The molecule has 0 aliphatic heterocycles. The molecular formula is C12H14ClF. The van der Waals surface area contributed by atoms with Gasteiger partial charge in [0.05, 0.1) is 0 Å². The topological polar surface area (TPSA) is 0 Å². The number of aryl methyl sites for hydroxylation is 1. The van der Waals surface area contributed by atoms with Crippen molar-refractivity contribution in [2.75, 3.05) is 0 Å². The van der Waals surface area contributed by atoms with Crippen LogP contribution in [-0.4, -0.2) is 5.38 Å². The molecule has 2 atom stereocenters. The van der Waals surface area contributed by atoms with Crippen molar-refractivity contribution in [2.24, 2.45) is 0 Å². The predicted molar refractivity (Wildman–Crippen MR) is 57.4 cm³/mol. The number of hydrogen-bond donors (Lipinski definition) is 0. The molecule has 0 fully saturated rings. The third-order valence-corrected chi connectivity index (χ3v) is 3.67. The second kappa shape index (κ2) is 3.90. The van der Waals surface area contributed by atoms with Crippen molar-refractivity contribution in [3.05, 3.63) is 35.1 Å². The van der Waals surface area contributed by atoms with Crippen molar-refractivity contribution in [3.63, 3.8) is 0 Å². The van der Waals surface area contributed by atoms with Crippen LogP contribution in [0.15, 0.2) is 18.2 Å². The van der Waals surface area contributed by atoms with Crippen molar-refractivity contribution in [3.8, 4) is 0 Å². The number of benzene rings is 1. The molecule has 0 radical (unpaired) electrons. The molecule has 0 saturated heterocycles. The molecule has 1 aliphatic carbocycles. The first-order valence-corrected chi connectivity index (χ1v) is 5.58. The highest BCUT2D eigenvalue weighted by Gasteiger charge is 2.27. The largest absolute Gasteiger partial charge is 0.207 e. The average Bonchev–Trinajstić information content (AvgIpc) is 2.59. The summed E-state index contributed by atoms with van der Waals surface area (Å²) >= 11 is 6.25. The molecule has 0 heterocycles. The van der Waals surface area contributed by atoms with E-state index < -0.39 is 0 Å². The minimum atomic E-state index is -0.132. The Kier molecular flexibility index (Phi) is 2.78. The van der Waals surface area contributed by atoms with Gasteiger partial charge in [0.1, 0.15) is 5.82 Å². The SMILES string of the molecule is CCC(Cl)C1CCc2cc(F)ccc21. The van der Waals surface area contributed by atoms with Crippen LogP contribution in [0, 0.1) is 5.82 Å². The van der Waals surface area contributed by atoms with Gasteiger partial charge in [-0.25, -0.2) is 4.39 Å². The van der Waals surface area contributed by atoms with Crippen LogP contribution in [0.5, 0.6) is 0 Å². The van der Waals surface area contributed by atoms with Crippen LogP contribution in [0.4, 0.5) is 4.39 Å². The lowest BCUT2D eigenvalue weighted by Gasteiger charge is -2.16. The molecule has 0 nitrogen and oxygen atoms in total. The van der Waals surface area contributed by atoms with Gasteiger partial charge in [-0.1, -0.05) is 13.0 Å². The van der Waals surface area contributed by atoms with Gasteiger partial charge in [-0.05, 0) is 42.5 Å². The Bertz CT molecular complexity index is 335. The van der Waals surface area contributed by atoms with E-state index in [1.54, 1.807) is 6.07 Å². The summed E-state index contributed by atoms with van der Waals surface area (Å²) in [5.74, 6) is 0.296. The third kappa shape index (κ3) is 1.66. The Morgan fingerprint density at radius 2 is 2.36 bits per heavy atom. The van der Waals surface area contributed by atoms with E-state index in [1.165, 1.54) is 11.6 Å². The maximum atomic E-state index is 12.9. The smallest absolute Gasteiger partial charge is 0.123 e. The Hall–Kier alpha value is -0.560. The maximum Gasteiger partial charge on any atom is 0.123 e. The lowest BCUT2D eigenvalue weighted by Crippen LogP contribution is -2.08. The van der Waals surface area contributed by atoms with Gasteiger partial charge in [0.25, 0.3) is 0 Å². The second-order valence-electron chi connectivity index (χ2n) is 3.91. The fourth-order valence-electron chi connectivity index (χ4n) is 2.28. The predicted octanol–water partition coefficient (Wildman–Crippen LogP) is 3.87. The van der Waals surface area contributed by atoms with Crippen LogP contribution in [0.25, 0.3) is 0 Å². The fraction of sp³-hybridized carbons (Fsp3) is 0.500. The first kappa shape index (κ1) is 9.97. The molecule has 2 heteroatoms. The number of hydrogen-bond acceptors (Lipinski definition) is 0. The molecule has 2 unspecified atom stereocenters. The zero-order valence-corrected chi connectivity index (χ0v) is 9.02. The molecule has 0 N–H and O–H groups in total. The van der Waals surface area contributed by atoms with Crippen molar-refractivity contribution in [1.29, 1.82) is 0 Å². The molecule has 1 aromatic carbocycles. The molecule has 1 aromatic rings. The summed E-state index contributed by atoms with van der Waals surface area (Å²) in [6, 6.07) is 5.08. The highest BCUT2D eigenvalue weighted by atomic mass is 35.5. The summed E-state index contributed by atoms with van der Waals surface area (Å²) in [5.41, 5.74) is 2.40. The van der Waals surface area contributed by atoms with E-state index in [-0.39, 0.29) is 11.2 Å². The molecule has 0 bridgehead atoms. The number of alkyl halides is 1. The van der Waals surface area contributed by atoms with Gasteiger partial charge >= 0.3 is 0 Å². The van der Waals surface area contributed by atoms with Crippen LogP contribution < -0.4 is 0 Å². The van der Waals surface area contributed by atoms with E-state index in [4.69, 9.17) is 11.6 Å². The van der Waals surface area contributed by atoms with E-state index >= 15 is 0 Å². The normalized spacial score (nSPS) is 22.1. The highest BCUT2D eigenvalue weighted by molar-refractivity contribution is 6.21. The van der Waals surface area contributed by atoms with Crippen LogP contribution in [0.2, 0.25) is 0 Å². The van der Waals surface area contributed by atoms with Gasteiger partial charge in [0.2, 0.25) is 0 Å². The molecule has 14 heavy (non-hydrogen) atoms. The molecule has 2 rings (SSSR count). The Morgan fingerprint density at radius 1 is 1.57 bits per heavy atom. The summed E-state index contributed by atoms with van der Waals surface area (Å²) in [5, 5.41) is 0.196. The summed E-state index contributed by atoms with van der Waals surface area (Å²) in [7, 11) is 0. The molecule has 0 saturated carbocycles. The molecule has 76 valence electrons. The average molecular weight is 213 g/mol. The lowest BCUT2D eigenvalue weighted by molar-refractivity contribution is 0.615. The summed E-state index contributed by atoms with van der Waals surface area (Å²) < 4.78 is 12.9. The zero-order valence-electron chi connectivity index (χ0n) is 8.26. The van der Waals surface area contributed by atoms with Crippen LogP contribution in [0.3, 0.4) is 0 Å². The number of rotatable bonds is 2. The second-order valence-corrected chi connectivity index (χ2v) is 4.47. The quantitative estimate of drug-likeness (QED) is 0.653. The Balaban J connectivity index is 2.31. The molecule has 1 aliphatic rings. The summed E-state index contributed by atoms with van der Waals surface area (Å²) in [6.45, 7) is 2.10. The molecule has 0 spiro atoms. The van der Waals surface area contributed by atoms with Crippen molar-refractivity contribution in [2.45, 2.75) is 37.5 Å². The van der Waals surface area contributed by atoms with Crippen LogP contribution in [0.1, 0.15) is 36.8 Å². The van der Waals surface area contributed by atoms with Crippen LogP contribution in [-0.2, 0) is 6.42 Å². The molecular weight excluding hydrogens is 199 g/mol. The molecule has 0 aromatic heterocycles. The van der Waals surface area contributed by atoms with Gasteiger partial charge in [-0.15, -0.1) is 11.6 Å². The third-order valence-electron chi connectivity index (χ3n) is 3.06. The minimum Gasteiger partial charge on any atom is -0.207 e. The van der Waals surface area contributed by atoms with Crippen molar-refractivity contribution >= 4 is 11.6 Å². The standard InChI is InChI=1S/C12H14ClF/c1-2-12(13)11-5-3-8-7-9(14)4-6-10(8)11/h4,6-7,11-12H,2-3,5H2,1H3. The first-order chi connectivity index (χ1) is 6.72. The van der Waals surface area contributed by atoms with Crippen molar-refractivity contribution in [1.82, 2.24) is 0 Å². The van der Waals surface area contributed by atoms with Gasteiger partial charge in [0.15, 0.2) is 0 Å². The highest BCUT2D eigenvalue weighted by Crippen LogP contribution is 2.38. The molecule has 0 amide bonds. The fourth-order valence-corrected chi connectivity index (χ4v) is 2.54. The van der Waals surface area contributed by atoms with Gasteiger partial charge in [-0.2, -0.15) is 0 Å². The number of fused-ring (bicyclic) bond motifs is 1. The Morgan fingerprint density at radius 3 is 3.07 bits per heavy atom. The zero-order chi connectivity index (χ0) is 10.1. The van der Waals surface area contributed by atoms with Gasteiger partial charge in [-0.3, -0.25) is 0 Å². The van der Waals surface area contributed by atoms with Gasteiger partial charge in [0, 0.05) is 11.3 Å². The van der Waals surface area contributed by atoms with E-state index in [0.717, 1.165) is 24.8 Å².